The van der Waals surface area contributed by atoms with Crippen molar-refractivity contribution in [1.29, 1.82) is 0 Å². The number of aryl methyl sites for hydroxylation is 1. The van der Waals surface area contributed by atoms with Crippen LogP contribution in [0.4, 0.5) is 0 Å². The van der Waals surface area contributed by atoms with Crippen molar-refractivity contribution in [3.8, 4) is 0 Å². The molecule has 1 unspecified atom stereocenters. The van der Waals surface area contributed by atoms with Crippen molar-refractivity contribution in [2.75, 3.05) is 7.05 Å². The van der Waals surface area contributed by atoms with Gasteiger partial charge in [-0.25, -0.2) is 0 Å². The summed E-state index contributed by atoms with van der Waals surface area (Å²) >= 11 is 0. The van der Waals surface area contributed by atoms with Crippen LogP contribution in [0.15, 0.2) is 30.3 Å². The van der Waals surface area contributed by atoms with Gasteiger partial charge in [0.2, 0.25) is 0 Å². The van der Waals surface area contributed by atoms with Crippen molar-refractivity contribution in [3.05, 3.63) is 41.6 Å². The summed E-state index contributed by atoms with van der Waals surface area (Å²) < 4.78 is 0. The quantitative estimate of drug-likeness (QED) is 0.892. The zero-order valence-corrected chi connectivity index (χ0v) is 11.8. The second kappa shape index (κ2) is 5.30. The number of nitrogens with one attached hydrogen (secondary N) is 1. The van der Waals surface area contributed by atoms with E-state index in [-0.39, 0.29) is 0 Å². The van der Waals surface area contributed by atoms with Gasteiger partial charge < -0.3 is 5.32 Å². The van der Waals surface area contributed by atoms with Crippen LogP contribution < -0.4 is 5.32 Å². The first-order valence-corrected chi connectivity index (χ1v) is 7.31. The van der Waals surface area contributed by atoms with E-state index in [4.69, 9.17) is 0 Å². The minimum atomic E-state index is 0.482. The molecule has 1 fully saturated rings. The highest BCUT2D eigenvalue weighted by atomic mass is 14.9. The zero-order valence-electron chi connectivity index (χ0n) is 11.8. The SMILES string of the molecule is CNC(CC1CCC1)c1ccc2nc(C)ccc2c1. The van der Waals surface area contributed by atoms with Crippen LogP contribution >= 0.6 is 0 Å². The molecule has 2 nitrogen and oxygen atoms in total. The molecule has 0 bridgehead atoms. The van der Waals surface area contributed by atoms with Crippen molar-refractivity contribution in [1.82, 2.24) is 10.3 Å². The van der Waals surface area contributed by atoms with E-state index in [2.05, 4.69) is 47.7 Å². The van der Waals surface area contributed by atoms with Crippen molar-refractivity contribution >= 4 is 10.9 Å². The summed E-state index contributed by atoms with van der Waals surface area (Å²) in [6, 6.07) is 11.4. The number of hydrogen-bond acceptors (Lipinski definition) is 2. The highest BCUT2D eigenvalue weighted by molar-refractivity contribution is 5.79. The fourth-order valence-electron chi connectivity index (χ4n) is 2.95. The van der Waals surface area contributed by atoms with Gasteiger partial charge in [-0.15, -0.1) is 0 Å². The first kappa shape index (κ1) is 12.6. The van der Waals surface area contributed by atoms with Crippen molar-refractivity contribution in [2.24, 2.45) is 5.92 Å². The van der Waals surface area contributed by atoms with Crippen LogP contribution in [0.3, 0.4) is 0 Å². The highest BCUT2D eigenvalue weighted by Crippen LogP contribution is 2.35. The van der Waals surface area contributed by atoms with Gasteiger partial charge in [-0.3, -0.25) is 4.98 Å². The van der Waals surface area contributed by atoms with Crippen molar-refractivity contribution < 1.29 is 0 Å². The molecule has 1 aromatic carbocycles. The van der Waals surface area contributed by atoms with E-state index in [1.165, 1.54) is 36.6 Å². The topological polar surface area (TPSA) is 24.9 Å². The molecule has 100 valence electrons. The van der Waals surface area contributed by atoms with Gasteiger partial charge in [0.15, 0.2) is 0 Å². The van der Waals surface area contributed by atoms with E-state index in [9.17, 15) is 0 Å². The number of benzene rings is 1. The van der Waals surface area contributed by atoms with E-state index < -0.39 is 0 Å². The average Bonchev–Trinajstić information content (AvgIpc) is 2.37. The summed E-state index contributed by atoms with van der Waals surface area (Å²) in [7, 11) is 2.07. The molecule has 19 heavy (non-hydrogen) atoms. The molecule has 0 radical (unpaired) electrons. The molecule has 0 aliphatic heterocycles. The number of aromatic nitrogens is 1. The third-order valence-electron chi connectivity index (χ3n) is 4.40. The fourth-order valence-corrected chi connectivity index (χ4v) is 2.95. The minimum absolute atomic E-state index is 0.482. The molecule has 2 heteroatoms. The summed E-state index contributed by atoms with van der Waals surface area (Å²) in [6.45, 7) is 2.04. The number of nitrogens with zero attached hydrogens (tertiary/aromatic N) is 1. The molecule has 1 N–H and O–H groups in total. The smallest absolute Gasteiger partial charge is 0.0705 e. The molecule has 1 aliphatic rings. The highest BCUT2D eigenvalue weighted by Gasteiger charge is 2.22. The molecular weight excluding hydrogens is 232 g/mol. The van der Waals surface area contributed by atoms with Gasteiger partial charge >= 0.3 is 0 Å². The Morgan fingerprint density at radius 1 is 1.26 bits per heavy atom. The van der Waals surface area contributed by atoms with Crippen LogP contribution in [0.25, 0.3) is 10.9 Å². The Labute approximate surface area is 115 Å². The summed E-state index contributed by atoms with van der Waals surface area (Å²) in [4.78, 5) is 4.57. The van der Waals surface area contributed by atoms with Gasteiger partial charge in [0.05, 0.1) is 5.52 Å². The lowest BCUT2D eigenvalue weighted by molar-refractivity contribution is 0.266. The minimum Gasteiger partial charge on any atom is -0.313 e. The van der Waals surface area contributed by atoms with Crippen LogP contribution in [0.2, 0.25) is 0 Å². The lowest BCUT2D eigenvalue weighted by Crippen LogP contribution is -2.23. The van der Waals surface area contributed by atoms with Gasteiger partial charge in [-0.1, -0.05) is 31.4 Å². The molecule has 1 aromatic heterocycles. The van der Waals surface area contributed by atoms with Gasteiger partial charge in [-0.2, -0.15) is 0 Å². The molecule has 1 saturated carbocycles. The van der Waals surface area contributed by atoms with E-state index in [1.807, 2.05) is 6.92 Å². The van der Waals surface area contributed by atoms with E-state index in [0.717, 1.165) is 17.1 Å². The predicted molar refractivity (Wildman–Crippen MR) is 80.2 cm³/mol. The molecule has 1 heterocycles. The number of pyridine rings is 1. The monoisotopic (exact) mass is 254 g/mol. The van der Waals surface area contributed by atoms with Gasteiger partial charge in [0, 0.05) is 17.1 Å². The molecule has 0 spiro atoms. The Morgan fingerprint density at radius 3 is 2.79 bits per heavy atom. The summed E-state index contributed by atoms with van der Waals surface area (Å²) in [5.41, 5.74) is 3.58. The number of fused-ring (bicyclic) bond motifs is 1. The second-order valence-corrected chi connectivity index (χ2v) is 5.78. The molecule has 0 amide bonds. The average molecular weight is 254 g/mol. The predicted octanol–water partition coefficient (Wildman–Crippen LogP) is 3.99. The van der Waals surface area contributed by atoms with E-state index in [0.29, 0.717) is 6.04 Å². The molecule has 3 rings (SSSR count). The fraction of sp³-hybridized carbons (Fsp3) is 0.471. The lowest BCUT2D eigenvalue weighted by atomic mass is 9.79. The van der Waals surface area contributed by atoms with Crippen LogP contribution in [0.1, 0.15) is 43.0 Å². The third kappa shape index (κ3) is 2.64. The van der Waals surface area contributed by atoms with Crippen molar-refractivity contribution in [3.63, 3.8) is 0 Å². The summed E-state index contributed by atoms with van der Waals surface area (Å²) in [6.07, 6.45) is 5.50. The van der Waals surface area contributed by atoms with Gasteiger partial charge in [-0.05, 0) is 50.1 Å². The standard InChI is InChI=1S/C17H22N2/c1-12-6-7-14-11-15(8-9-16(14)19-12)17(18-2)10-13-4-3-5-13/h6-9,11,13,17-18H,3-5,10H2,1-2H3. The maximum atomic E-state index is 4.57. The van der Waals surface area contributed by atoms with Crippen LogP contribution in [0, 0.1) is 12.8 Å². The Hall–Kier alpha value is -1.41. The Morgan fingerprint density at radius 2 is 2.11 bits per heavy atom. The largest absolute Gasteiger partial charge is 0.313 e. The second-order valence-electron chi connectivity index (χ2n) is 5.78. The Balaban J connectivity index is 1.87. The molecule has 2 aromatic rings. The first-order chi connectivity index (χ1) is 9.26. The third-order valence-corrected chi connectivity index (χ3v) is 4.40. The van der Waals surface area contributed by atoms with Crippen molar-refractivity contribution in [2.45, 2.75) is 38.6 Å². The number of hydrogen-bond donors (Lipinski definition) is 1. The zero-order chi connectivity index (χ0) is 13.2. The summed E-state index contributed by atoms with van der Waals surface area (Å²) in [5, 5.41) is 4.72. The molecule has 0 saturated heterocycles. The lowest BCUT2D eigenvalue weighted by Gasteiger charge is -2.29. The molecule has 1 aliphatic carbocycles. The first-order valence-electron chi connectivity index (χ1n) is 7.31. The molecular formula is C17H22N2. The van der Waals surface area contributed by atoms with Crippen LogP contribution in [-0.2, 0) is 0 Å². The van der Waals surface area contributed by atoms with E-state index >= 15 is 0 Å². The maximum absolute atomic E-state index is 4.57. The van der Waals surface area contributed by atoms with Crippen LogP contribution in [0.5, 0.6) is 0 Å². The molecule has 1 atom stereocenters. The van der Waals surface area contributed by atoms with E-state index in [1.54, 1.807) is 0 Å². The van der Waals surface area contributed by atoms with Gasteiger partial charge in [0.1, 0.15) is 0 Å². The number of rotatable bonds is 4. The van der Waals surface area contributed by atoms with Gasteiger partial charge in [0.25, 0.3) is 0 Å². The Bertz CT molecular complexity index is 572. The Kier molecular flexibility index (Phi) is 3.52. The maximum Gasteiger partial charge on any atom is 0.0705 e. The van der Waals surface area contributed by atoms with Crippen LogP contribution in [-0.4, -0.2) is 12.0 Å². The summed E-state index contributed by atoms with van der Waals surface area (Å²) in [5.74, 6) is 0.921. The normalized spacial score (nSPS) is 17.4.